The van der Waals surface area contributed by atoms with Crippen LogP contribution in [0.25, 0.3) is 0 Å². The Morgan fingerprint density at radius 1 is 1.17 bits per heavy atom. The third kappa shape index (κ3) is 4.26. The van der Waals surface area contributed by atoms with Gasteiger partial charge in [0.25, 0.3) is 0 Å². The molecule has 2 rings (SSSR count). The molecule has 0 aliphatic rings. The second-order valence-corrected chi connectivity index (χ2v) is 8.54. The van der Waals surface area contributed by atoms with E-state index in [1.807, 2.05) is 0 Å². The first kappa shape index (κ1) is 22.4. The van der Waals surface area contributed by atoms with Gasteiger partial charge in [-0.15, -0.1) is 0 Å². The number of esters is 1. The van der Waals surface area contributed by atoms with Crippen LogP contribution in [0.2, 0.25) is 0 Å². The Bertz CT molecular complexity index is 1080. The summed E-state index contributed by atoms with van der Waals surface area (Å²) in [6, 6.07) is 1.47. The molecule has 0 spiro atoms. The van der Waals surface area contributed by atoms with Crippen LogP contribution in [-0.4, -0.2) is 57.0 Å². The predicted octanol–water partition coefficient (Wildman–Crippen LogP) is 1.54. The molecule has 0 atom stereocenters. The van der Waals surface area contributed by atoms with Crippen molar-refractivity contribution in [1.29, 1.82) is 0 Å². The van der Waals surface area contributed by atoms with Crippen molar-refractivity contribution >= 4 is 21.6 Å². The number of aromatic nitrogens is 2. The number of aryl methyl sites for hydroxylation is 3. The Hall–Kier alpha value is -2.88. The van der Waals surface area contributed by atoms with Crippen LogP contribution >= 0.6 is 0 Å². The van der Waals surface area contributed by atoms with Gasteiger partial charge >= 0.3 is 5.97 Å². The molecular weight excluding hydrogens is 400 g/mol. The van der Waals surface area contributed by atoms with E-state index in [1.54, 1.807) is 27.8 Å². The van der Waals surface area contributed by atoms with Crippen molar-refractivity contribution in [3.8, 4) is 11.6 Å². The zero-order valence-electron chi connectivity index (χ0n) is 17.4. The van der Waals surface area contributed by atoms with Crippen LogP contribution in [-0.2, 0) is 26.4 Å². The summed E-state index contributed by atoms with van der Waals surface area (Å²) in [5.41, 5.74) is 1.49. The Balaban J connectivity index is 2.66. The summed E-state index contributed by atoms with van der Waals surface area (Å²) in [6.45, 7) is 4.45. The molecule has 0 unspecified atom stereocenters. The molecule has 1 heterocycles. The number of carbonyl (C=O) groups is 2. The third-order valence-electron chi connectivity index (χ3n) is 4.42. The molecule has 0 radical (unpaired) electrons. The highest BCUT2D eigenvalue weighted by atomic mass is 32.2. The van der Waals surface area contributed by atoms with E-state index in [2.05, 4.69) is 9.84 Å². The van der Waals surface area contributed by atoms with Gasteiger partial charge in [-0.1, -0.05) is 0 Å². The smallest absolute Gasteiger partial charge is 0.343 e. The number of ketones is 1. The van der Waals surface area contributed by atoms with E-state index in [1.165, 1.54) is 25.0 Å². The molecule has 0 aliphatic carbocycles. The standard InChI is InChI=1S/C19H24N2O7S/c1-10-8-13(17(27-6)11(2)18(10)29(7,24)25)16(23)15-12(3)20-21(4)19(15)28-9-14(22)26-5/h8H,9H2,1-7H3. The SMILES string of the molecule is COC(=O)COc1c(C(=O)c2cc(C)c(S(C)(=O)=O)c(C)c2OC)c(C)nn1C. The quantitative estimate of drug-likeness (QED) is 0.486. The van der Waals surface area contributed by atoms with E-state index in [9.17, 15) is 18.0 Å². The lowest BCUT2D eigenvalue weighted by atomic mass is 9.98. The van der Waals surface area contributed by atoms with Gasteiger partial charge in [0.1, 0.15) is 11.3 Å². The van der Waals surface area contributed by atoms with E-state index in [4.69, 9.17) is 9.47 Å². The topological polar surface area (TPSA) is 114 Å². The second-order valence-electron chi connectivity index (χ2n) is 6.58. The van der Waals surface area contributed by atoms with Gasteiger partial charge in [0.2, 0.25) is 11.7 Å². The summed E-state index contributed by atoms with van der Waals surface area (Å²) in [4.78, 5) is 24.9. The molecule has 10 heteroatoms. The molecule has 9 nitrogen and oxygen atoms in total. The maximum atomic E-state index is 13.4. The second kappa shape index (κ2) is 8.24. The number of benzene rings is 1. The minimum absolute atomic E-state index is 0.0995. The van der Waals surface area contributed by atoms with Gasteiger partial charge in [-0.2, -0.15) is 5.10 Å². The number of carbonyl (C=O) groups excluding carboxylic acids is 2. The van der Waals surface area contributed by atoms with E-state index in [0.29, 0.717) is 16.8 Å². The summed E-state index contributed by atoms with van der Waals surface area (Å²) >= 11 is 0. The van der Waals surface area contributed by atoms with Crippen molar-refractivity contribution in [2.45, 2.75) is 25.7 Å². The van der Waals surface area contributed by atoms with Crippen LogP contribution in [0.3, 0.4) is 0 Å². The van der Waals surface area contributed by atoms with Gasteiger partial charge in [0.15, 0.2) is 16.4 Å². The van der Waals surface area contributed by atoms with Crippen LogP contribution in [0.1, 0.15) is 32.7 Å². The zero-order valence-corrected chi connectivity index (χ0v) is 18.3. The van der Waals surface area contributed by atoms with Crippen LogP contribution < -0.4 is 9.47 Å². The van der Waals surface area contributed by atoms with Crippen molar-refractivity contribution in [1.82, 2.24) is 9.78 Å². The van der Waals surface area contributed by atoms with E-state index < -0.39 is 28.2 Å². The molecule has 2 aromatic rings. The maximum Gasteiger partial charge on any atom is 0.343 e. The number of hydrogen-bond donors (Lipinski definition) is 0. The first-order valence-corrected chi connectivity index (χ1v) is 10.5. The van der Waals surface area contributed by atoms with Crippen LogP contribution in [0.15, 0.2) is 11.0 Å². The van der Waals surface area contributed by atoms with Crippen molar-refractivity contribution < 1.29 is 32.2 Å². The number of ether oxygens (including phenoxy) is 3. The molecule has 0 fully saturated rings. The fourth-order valence-corrected chi connectivity index (χ4v) is 4.63. The van der Waals surface area contributed by atoms with Crippen LogP contribution in [0, 0.1) is 20.8 Å². The van der Waals surface area contributed by atoms with E-state index >= 15 is 0 Å². The number of methoxy groups -OCH3 is 2. The summed E-state index contributed by atoms with van der Waals surface area (Å²) in [5, 5.41) is 4.20. The lowest BCUT2D eigenvalue weighted by Crippen LogP contribution is -2.16. The van der Waals surface area contributed by atoms with Crippen LogP contribution in [0.4, 0.5) is 0 Å². The average Bonchev–Trinajstić information content (AvgIpc) is 2.90. The molecule has 0 saturated heterocycles. The number of nitrogens with zero attached hydrogens (tertiary/aromatic N) is 2. The minimum atomic E-state index is -3.52. The third-order valence-corrected chi connectivity index (χ3v) is 5.79. The zero-order chi connectivity index (χ0) is 22.1. The predicted molar refractivity (Wildman–Crippen MR) is 104 cm³/mol. The molecule has 29 heavy (non-hydrogen) atoms. The molecule has 0 amide bonds. The lowest BCUT2D eigenvalue weighted by molar-refractivity contribution is -0.143. The van der Waals surface area contributed by atoms with E-state index in [-0.39, 0.29) is 27.7 Å². The van der Waals surface area contributed by atoms with Gasteiger partial charge in [0, 0.05) is 18.9 Å². The van der Waals surface area contributed by atoms with Crippen molar-refractivity contribution in [2.24, 2.45) is 7.05 Å². The summed E-state index contributed by atoms with van der Waals surface area (Å²) in [7, 11) is 0.654. The van der Waals surface area contributed by atoms with Gasteiger partial charge < -0.3 is 14.2 Å². The molecule has 0 aliphatic heterocycles. The van der Waals surface area contributed by atoms with Gasteiger partial charge in [-0.25, -0.2) is 17.9 Å². The van der Waals surface area contributed by atoms with Gasteiger partial charge in [-0.3, -0.25) is 4.79 Å². The van der Waals surface area contributed by atoms with Gasteiger partial charge in [0.05, 0.1) is 30.4 Å². The number of hydrogen-bond acceptors (Lipinski definition) is 8. The highest BCUT2D eigenvalue weighted by molar-refractivity contribution is 7.90. The average molecular weight is 424 g/mol. The first-order valence-electron chi connectivity index (χ1n) is 8.60. The van der Waals surface area contributed by atoms with Crippen molar-refractivity contribution in [3.05, 3.63) is 34.0 Å². The maximum absolute atomic E-state index is 13.4. The van der Waals surface area contributed by atoms with Crippen LogP contribution in [0.5, 0.6) is 11.6 Å². The Morgan fingerprint density at radius 3 is 2.31 bits per heavy atom. The molecule has 0 bridgehead atoms. The molecule has 1 aromatic carbocycles. The summed E-state index contributed by atoms with van der Waals surface area (Å²) < 4.78 is 41.1. The molecular formula is C19H24N2O7S. The fraction of sp³-hybridized carbons (Fsp3) is 0.421. The van der Waals surface area contributed by atoms with E-state index in [0.717, 1.165) is 6.26 Å². The van der Waals surface area contributed by atoms with Crippen molar-refractivity contribution in [2.75, 3.05) is 27.1 Å². The van der Waals surface area contributed by atoms with Crippen molar-refractivity contribution in [3.63, 3.8) is 0 Å². The Morgan fingerprint density at radius 2 is 1.79 bits per heavy atom. The van der Waals surface area contributed by atoms with Gasteiger partial charge in [-0.05, 0) is 32.4 Å². The number of rotatable bonds is 7. The molecule has 0 saturated carbocycles. The normalized spacial score (nSPS) is 11.3. The lowest BCUT2D eigenvalue weighted by Gasteiger charge is -2.17. The minimum Gasteiger partial charge on any atom is -0.496 e. The monoisotopic (exact) mass is 424 g/mol. The first-order chi connectivity index (χ1) is 13.4. The Kier molecular flexibility index (Phi) is 6.37. The number of sulfone groups is 1. The molecule has 158 valence electrons. The summed E-state index contributed by atoms with van der Waals surface area (Å²) in [5.74, 6) is -0.812. The Labute approximate surface area is 169 Å². The highest BCUT2D eigenvalue weighted by Crippen LogP contribution is 2.35. The molecule has 0 N–H and O–H groups in total. The largest absolute Gasteiger partial charge is 0.496 e. The molecule has 1 aromatic heterocycles. The fourth-order valence-electron chi connectivity index (χ4n) is 3.34. The summed E-state index contributed by atoms with van der Waals surface area (Å²) in [6.07, 6.45) is 1.10. The highest BCUT2D eigenvalue weighted by Gasteiger charge is 2.29.